The van der Waals surface area contributed by atoms with Crippen molar-refractivity contribution in [1.82, 2.24) is 4.57 Å². The first-order valence-corrected chi connectivity index (χ1v) is 14.5. The number of carbonyl (C=O) groups is 2. The molecule has 42 heavy (non-hydrogen) atoms. The summed E-state index contributed by atoms with van der Waals surface area (Å²) in [5.74, 6) is 0.183. The van der Waals surface area contributed by atoms with Gasteiger partial charge in [-0.25, -0.2) is 9.59 Å². The molecule has 7 heteroatoms. The van der Waals surface area contributed by atoms with Crippen LogP contribution in [0.15, 0.2) is 78.9 Å². The van der Waals surface area contributed by atoms with Crippen molar-refractivity contribution >= 4 is 22.8 Å². The van der Waals surface area contributed by atoms with Crippen LogP contribution in [0.1, 0.15) is 66.6 Å². The lowest BCUT2D eigenvalue weighted by Gasteiger charge is -2.23. The van der Waals surface area contributed by atoms with E-state index in [0.29, 0.717) is 24.5 Å². The Hall–Kier alpha value is -4.10. The van der Waals surface area contributed by atoms with Crippen LogP contribution in [0.5, 0.6) is 5.75 Å². The van der Waals surface area contributed by atoms with Gasteiger partial charge >= 0.3 is 11.9 Å². The first kappa shape index (κ1) is 35.9. The van der Waals surface area contributed by atoms with Crippen LogP contribution in [0.25, 0.3) is 10.9 Å². The van der Waals surface area contributed by atoms with Crippen LogP contribution in [0.2, 0.25) is 0 Å². The lowest BCUT2D eigenvalue weighted by Crippen LogP contribution is -2.33. The third-order valence-electron chi connectivity index (χ3n) is 5.78. The standard InChI is InChI=1S/C18H17NO3.C13H20NO2.2C2H6/c1-19-16-9-8-15(22-12-13-6-4-3-5-7-13)10-14(16)11-17(19)18(20)21-2;1-5-16-13(15)12-8-6-11(7-9-12)10-14(2,3)4;2*1-2/h3-11H,12H2,1-2H3;6-9H,5,10H2,1-4H3;2*1-2H3/q;+1;;. The number of nitrogens with zero attached hydrogens (tertiary/aromatic N) is 2. The van der Waals surface area contributed by atoms with Crippen molar-refractivity contribution in [3.05, 3.63) is 101 Å². The molecule has 1 aromatic heterocycles. The number of aromatic nitrogens is 1. The zero-order valence-corrected chi connectivity index (χ0v) is 27.1. The fraction of sp³-hybridized carbons (Fsp3) is 0.371. The maximum absolute atomic E-state index is 11.7. The highest BCUT2D eigenvalue weighted by atomic mass is 16.5. The third kappa shape index (κ3) is 11.4. The molecule has 0 saturated heterocycles. The molecule has 0 aliphatic carbocycles. The number of rotatable bonds is 8. The SMILES string of the molecule is CC.CC.CCOC(=O)c1ccc(C[N+](C)(C)C)cc1.COC(=O)c1cc2cc(OCc3ccccc3)ccc2n1C. The molecule has 0 saturated carbocycles. The smallest absolute Gasteiger partial charge is 0.354 e. The maximum atomic E-state index is 11.7. The van der Waals surface area contributed by atoms with E-state index in [1.165, 1.54) is 12.7 Å². The summed E-state index contributed by atoms with van der Waals surface area (Å²) < 4.78 is 18.2. The molecule has 4 aromatic rings. The zero-order valence-electron chi connectivity index (χ0n) is 27.1. The molecule has 0 aliphatic rings. The predicted molar refractivity (Wildman–Crippen MR) is 172 cm³/mol. The second kappa shape index (κ2) is 18.4. The molecular formula is C35H49N2O5+. The molecule has 3 aromatic carbocycles. The first-order chi connectivity index (χ1) is 20.1. The van der Waals surface area contributed by atoms with Crippen molar-refractivity contribution in [2.75, 3.05) is 34.9 Å². The summed E-state index contributed by atoms with van der Waals surface area (Å²) in [6.07, 6.45) is 0. The molecule has 0 N–H and O–H groups in total. The van der Waals surface area contributed by atoms with Crippen LogP contribution in [-0.4, -0.2) is 55.8 Å². The largest absolute Gasteiger partial charge is 0.489 e. The van der Waals surface area contributed by atoms with Gasteiger partial charge < -0.3 is 23.3 Å². The zero-order chi connectivity index (χ0) is 31.7. The number of methoxy groups -OCH3 is 1. The molecule has 0 atom stereocenters. The van der Waals surface area contributed by atoms with Gasteiger partial charge in [-0.05, 0) is 48.9 Å². The lowest BCUT2D eigenvalue weighted by molar-refractivity contribution is -0.884. The van der Waals surface area contributed by atoms with E-state index >= 15 is 0 Å². The van der Waals surface area contributed by atoms with Crippen molar-refractivity contribution in [3.8, 4) is 5.75 Å². The molecule has 0 unspecified atom stereocenters. The molecular weight excluding hydrogens is 528 g/mol. The quantitative estimate of drug-likeness (QED) is 0.159. The summed E-state index contributed by atoms with van der Waals surface area (Å²) in [6, 6.07) is 25.2. The Kier molecular flexibility index (Phi) is 15.7. The van der Waals surface area contributed by atoms with E-state index < -0.39 is 0 Å². The summed E-state index contributed by atoms with van der Waals surface area (Å²) in [5.41, 5.74) is 4.45. The normalized spacial score (nSPS) is 10.1. The number of ether oxygens (including phenoxy) is 3. The Morgan fingerprint density at radius 2 is 1.40 bits per heavy atom. The van der Waals surface area contributed by atoms with Crippen LogP contribution >= 0.6 is 0 Å². The summed E-state index contributed by atoms with van der Waals surface area (Å²) in [4.78, 5) is 23.1. The average Bonchev–Trinajstić information content (AvgIpc) is 3.33. The number of quaternary nitrogens is 1. The van der Waals surface area contributed by atoms with Crippen LogP contribution in [0.4, 0.5) is 0 Å². The topological polar surface area (TPSA) is 66.8 Å². The Balaban J connectivity index is 0.000000392. The van der Waals surface area contributed by atoms with E-state index in [-0.39, 0.29) is 11.9 Å². The van der Waals surface area contributed by atoms with Crippen LogP contribution < -0.4 is 4.74 Å². The molecule has 0 fully saturated rings. The van der Waals surface area contributed by atoms with Crippen molar-refractivity contribution in [2.24, 2.45) is 7.05 Å². The highest BCUT2D eigenvalue weighted by molar-refractivity contribution is 5.96. The lowest BCUT2D eigenvalue weighted by atomic mass is 10.1. The van der Waals surface area contributed by atoms with Crippen LogP contribution in [0, 0.1) is 0 Å². The predicted octanol–water partition coefficient (Wildman–Crippen LogP) is 7.67. The van der Waals surface area contributed by atoms with Gasteiger partial charge in [0.05, 0.1) is 40.4 Å². The summed E-state index contributed by atoms with van der Waals surface area (Å²) in [5, 5.41) is 0.952. The Morgan fingerprint density at radius 1 is 0.786 bits per heavy atom. The minimum atomic E-state index is -0.342. The summed E-state index contributed by atoms with van der Waals surface area (Å²) in [7, 11) is 9.64. The van der Waals surface area contributed by atoms with Gasteiger partial charge in [0.25, 0.3) is 0 Å². The number of aryl methyl sites for hydroxylation is 1. The molecule has 0 radical (unpaired) electrons. The van der Waals surface area contributed by atoms with Crippen molar-refractivity contribution in [1.29, 1.82) is 0 Å². The van der Waals surface area contributed by atoms with Gasteiger partial charge in [0.2, 0.25) is 0 Å². The highest BCUT2D eigenvalue weighted by Crippen LogP contribution is 2.25. The first-order valence-electron chi connectivity index (χ1n) is 14.5. The summed E-state index contributed by atoms with van der Waals surface area (Å²) in [6.45, 7) is 11.7. The maximum Gasteiger partial charge on any atom is 0.354 e. The highest BCUT2D eigenvalue weighted by Gasteiger charge is 2.14. The number of esters is 2. The third-order valence-corrected chi connectivity index (χ3v) is 5.78. The van der Waals surface area contributed by atoms with Crippen LogP contribution in [-0.2, 0) is 29.7 Å². The number of carbonyl (C=O) groups excluding carboxylic acids is 2. The van der Waals surface area contributed by atoms with Crippen molar-refractivity contribution < 1.29 is 28.3 Å². The number of hydrogen-bond donors (Lipinski definition) is 0. The molecule has 0 aliphatic heterocycles. The molecule has 1 heterocycles. The fourth-order valence-electron chi connectivity index (χ4n) is 3.97. The Labute approximate surface area is 252 Å². The van der Waals surface area contributed by atoms with Gasteiger partial charge in [0, 0.05) is 23.5 Å². The number of benzene rings is 3. The van der Waals surface area contributed by atoms with Crippen molar-refractivity contribution in [3.63, 3.8) is 0 Å². The number of hydrogen-bond acceptors (Lipinski definition) is 5. The van der Waals surface area contributed by atoms with E-state index in [0.717, 1.165) is 33.2 Å². The second-order valence-corrected chi connectivity index (χ2v) is 9.94. The number of fused-ring (bicyclic) bond motifs is 1. The molecule has 0 amide bonds. The van der Waals surface area contributed by atoms with Gasteiger partial charge in [-0.3, -0.25) is 0 Å². The van der Waals surface area contributed by atoms with Gasteiger partial charge in [-0.1, -0.05) is 70.2 Å². The van der Waals surface area contributed by atoms with E-state index in [1.807, 2.05) is 125 Å². The monoisotopic (exact) mass is 577 g/mol. The fourth-order valence-corrected chi connectivity index (χ4v) is 3.97. The van der Waals surface area contributed by atoms with Gasteiger partial charge in [0.1, 0.15) is 24.6 Å². The van der Waals surface area contributed by atoms with Gasteiger partial charge in [-0.15, -0.1) is 0 Å². The Bertz CT molecular complexity index is 1350. The molecule has 0 bridgehead atoms. The average molecular weight is 578 g/mol. The van der Waals surface area contributed by atoms with E-state index in [1.54, 1.807) is 0 Å². The van der Waals surface area contributed by atoms with Crippen molar-refractivity contribution in [2.45, 2.75) is 47.8 Å². The minimum Gasteiger partial charge on any atom is -0.489 e. The van der Waals surface area contributed by atoms with E-state index in [2.05, 4.69) is 21.1 Å². The van der Waals surface area contributed by atoms with Gasteiger partial charge in [-0.2, -0.15) is 0 Å². The van der Waals surface area contributed by atoms with Gasteiger partial charge in [0.15, 0.2) is 0 Å². The summed E-state index contributed by atoms with van der Waals surface area (Å²) >= 11 is 0. The van der Waals surface area contributed by atoms with E-state index in [4.69, 9.17) is 14.2 Å². The Morgan fingerprint density at radius 3 is 1.95 bits per heavy atom. The molecule has 7 nitrogen and oxygen atoms in total. The second-order valence-electron chi connectivity index (χ2n) is 9.94. The minimum absolute atomic E-state index is 0.251. The molecule has 228 valence electrons. The van der Waals surface area contributed by atoms with Crippen LogP contribution in [0.3, 0.4) is 0 Å². The van der Waals surface area contributed by atoms with E-state index in [9.17, 15) is 9.59 Å². The molecule has 4 rings (SSSR count). The molecule has 0 spiro atoms.